The summed E-state index contributed by atoms with van der Waals surface area (Å²) in [6.45, 7) is 0.903. The number of aryl methyl sites for hydroxylation is 1. The van der Waals surface area contributed by atoms with Crippen molar-refractivity contribution in [3.63, 3.8) is 0 Å². The average molecular weight is 337 g/mol. The van der Waals surface area contributed by atoms with E-state index in [9.17, 15) is 9.90 Å². The van der Waals surface area contributed by atoms with Gasteiger partial charge in [-0.2, -0.15) is 0 Å². The number of benzene rings is 2. The Bertz CT molecular complexity index is 820. The second-order valence-electron chi connectivity index (χ2n) is 6.99. The molecule has 0 aromatic heterocycles. The summed E-state index contributed by atoms with van der Waals surface area (Å²) in [5.41, 5.74) is 4.75. The number of amides is 2. The van der Waals surface area contributed by atoms with E-state index >= 15 is 0 Å². The molecule has 2 aromatic rings. The molecule has 0 spiro atoms. The van der Waals surface area contributed by atoms with E-state index < -0.39 is 5.54 Å². The number of hydrogen-bond acceptors (Lipinski definition) is 3. The van der Waals surface area contributed by atoms with Gasteiger partial charge in [-0.15, -0.1) is 0 Å². The van der Waals surface area contributed by atoms with Gasteiger partial charge in [0.25, 0.3) is 0 Å². The maximum atomic E-state index is 12.6. The van der Waals surface area contributed by atoms with Crippen molar-refractivity contribution in [2.75, 3.05) is 30.4 Å². The number of aliphatic hydroxyl groups excluding tert-OH is 1. The highest BCUT2D eigenvalue weighted by atomic mass is 16.3. The summed E-state index contributed by atoms with van der Waals surface area (Å²) in [6, 6.07) is 13.7. The lowest BCUT2D eigenvalue weighted by Crippen LogP contribution is -2.48. The third-order valence-corrected chi connectivity index (χ3v) is 5.45. The number of urea groups is 1. The van der Waals surface area contributed by atoms with Crippen molar-refractivity contribution in [1.29, 1.82) is 0 Å². The molecule has 5 nitrogen and oxygen atoms in total. The molecule has 4 rings (SSSR count). The van der Waals surface area contributed by atoms with Crippen LogP contribution in [0.2, 0.25) is 0 Å². The summed E-state index contributed by atoms with van der Waals surface area (Å²) in [6.07, 6.45) is 2.62. The first-order valence-electron chi connectivity index (χ1n) is 8.74. The standard InChI is InChI=1S/C20H23N3O2/c1-23-11-9-15-6-7-16(12-18(15)23)21-19(25)22-20(13-24)10-8-14-4-2-3-5-17(14)20/h2-7,12,24H,8-11,13H2,1H3,(H2,21,22,25). The molecule has 0 saturated heterocycles. The molecule has 1 aliphatic heterocycles. The number of likely N-dealkylation sites (N-methyl/N-ethyl adjacent to an activating group) is 1. The zero-order valence-electron chi connectivity index (χ0n) is 14.4. The third kappa shape index (κ3) is 2.74. The summed E-state index contributed by atoms with van der Waals surface area (Å²) in [5, 5.41) is 15.9. The minimum Gasteiger partial charge on any atom is -0.394 e. The van der Waals surface area contributed by atoms with Gasteiger partial charge in [-0.05, 0) is 48.1 Å². The minimum atomic E-state index is -0.700. The quantitative estimate of drug-likeness (QED) is 0.807. The molecule has 3 N–H and O–H groups in total. The zero-order valence-corrected chi connectivity index (χ0v) is 14.4. The molecule has 130 valence electrons. The molecule has 1 heterocycles. The first-order valence-corrected chi connectivity index (χ1v) is 8.74. The first-order chi connectivity index (χ1) is 12.1. The van der Waals surface area contributed by atoms with Gasteiger partial charge >= 0.3 is 6.03 Å². The van der Waals surface area contributed by atoms with Crippen molar-refractivity contribution in [2.45, 2.75) is 24.8 Å². The number of fused-ring (bicyclic) bond motifs is 2. The molecular weight excluding hydrogens is 314 g/mol. The molecule has 1 atom stereocenters. The van der Waals surface area contributed by atoms with Crippen LogP contribution in [-0.4, -0.2) is 31.3 Å². The number of aliphatic hydroxyl groups is 1. The molecule has 0 bridgehead atoms. The van der Waals surface area contributed by atoms with Gasteiger partial charge in [0, 0.05) is 25.0 Å². The van der Waals surface area contributed by atoms with Crippen LogP contribution in [-0.2, 0) is 18.4 Å². The number of carbonyl (C=O) groups excluding carboxylic acids is 1. The molecule has 2 aromatic carbocycles. The highest BCUT2D eigenvalue weighted by Crippen LogP contribution is 2.36. The van der Waals surface area contributed by atoms with Gasteiger partial charge in [0.15, 0.2) is 0 Å². The van der Waals surface area contributed by atoms with Gasteiger partial charge in [-0.3, -0.25) is 0 Å². The molecule has 5 heteroatoms. The van der Waals surface area contributed by atoms with Crippen LogP contribution in [0.15, 0.2) is 42.5 Å². The van der Waals surface area contributed by atoms with Gasteiger partial charge in [0.1, 0.15) is 0 Å². The van der Waals surface area contributed by atoms with Gasteiger partial charge in [0.05, 0.1) is 12.1 Å². The highest BCUT2D eigenvalue weighted by Gasteiger charge is 2.39. The fraction of sp³-hybridized carbons (Fsp3) is 0.350. The van der Waals surface area contributed by atoms with Crippen LogP contribution in [0, 0.1) is 0 Å². The fourth-order valence-electron chi connectivity index (χ4n) is 4.02. The summed E-state index contributed by atoms with van der Waals surface area (Å²) in [7, 11) is 2.06. The number of carbonyl (C=O) groups is 1. The van der Waals surface area contributed by atoms with Crippen LogP contribution < -0.4 is 15.5 Å². The van der Waals surface area contributed by atoms with E-state index in [0.29, 0.717) is 6.42 Å². The van der Waals surface area contributed by atoms with Gasteiger partial charge in [0.2, 0.25) is 0 Å². The van der Waals surface area contributed by atoms with Crippen LogP contribution in [0.1, 0.15) is 23.1 Å². The summed E-state index contributed by atoms with van der Waals surface area (Å²) < 4.78 is 0. The van der Waals surface area contributed by atoms with Crippen molar-refractivity contribution in [3.05, 3.63) is 59.2 Å². The Morgan fingerprint density at radius 1 is 1.20 bits per heavy atom. The van der Waals surface area contributed by atoms with E-state index in [1.807, 2.05) is 30.3 Å². The SMILES string of the molecule is CN1CCc2ccc(NC(=O)NC3(CO)CCc4ccccc43)cc21. The van der Waals surface area contributed by atoms with Gasteiger partial charge in [-0.25, -0.2) is 4.79 Å². The summed E-state index contributed by atoms with van der Waals surface area (Å²) in [5.74, 6) is 0. The lowest BCUT2D eigenvalue weighted by atomic mass is 9.93. The molecule has 1 aliphatic carbocycles. The number of hydrogen-bond donors (Lipinski definition) is 3. The predicted octanol–water partition coefficient (Wildman–Crippen LogP) is 2.63. The third-order valence-electron chi connectivity index (χ3n) is 5.45. The minimum absolute atomic E-state index is 0.107. The van der Waals surface area contributed by atoms with E-state index in [4.69, 9.17) is 0 Å². The first kappa shape index (κ1) is 16.0. The maximum absolute atomic E-state index is 12.6. The topological polar surface area (TPSA) is 64.6 Å². The fourth-order valence-corrected chi connectivity index (χ4v) is 4.02. The van der Waals surface area contributed by atoms with E-state index in [-0.39, 0.29) is 12.6 Å². The summed E-state index contributed by atoms with van der Waals surface area (Å²) in [4.78, 5) is 14.8. The molecule has 2 amide bonds. The van der Waals surface area contributed by atoms with Crippen molar-refractivity contribution in [3.8, 4) is 0 Å². The average Bonchev–Trinajstić information content (AvgIpc) is 3.17. The highest BCUT2D eigenvalue weighted by molar-refractivity contribution is 5.91. The maximum Gasteiger partial charge on any atom is 0.320 e. The van der Waals surface area contributed by atoms with Crippen molar-refractivity contribution in [1.82, 2.24) is 5.32 Å². The normalized spacial score (nSPS) is 21.0. The predicted molar refractivity (Wildman–Crippen MR) is 99.1 cm³/mol. The molecule has 0 radical (unpaired) electrons. The monoisotopic (exact) mass is 337 g/mol. The van der Waals surface area contributed by atoms with Crippen LogP contribution in [0.5, 0.6) is 0 Å². The number of nitrogens with zero attached hydrogens (tertiary/aromatic N) is 1. The number of nitrogens with one attached hydrogen (secondary N) is 2. The molecule has 1 unspecified atom stereocenters. The molecule has 0 fully saturated rings. The summed E-state index contributed by atoms with van der Waals surface area (Å²) >= 11 is 0. The Morgan fingerprint density at radius 2 is 2.04 bits per heavy atom. The second kappa shape index (κ2) is 6.08. The zero-order chi connectivity index (χ0) is 17.4. The van der Waals surface area contributed by atoms with Crippen LogP contribution in [0.25, 0.3) is 0 Å². The second-order valence-corrected chi connectivity index (χ2v) is 6.99. The molecule has 25 heavy (non-hydrogen) atoms. The number of anilines is 2. The Balaban J connectivity index is 1.52. The number of rotatable bonds is 3. The molecule has 2 aliphatic rings. The molecule has 0 saturated carbocycles. The van der Waals surface area contributed by atoms with Crippen LogP contribution in [0.3, 0.4) is 0 Å². The van der Waals surface area contributed by atoms with E-state index in [2.05, 4.69) is 34.7 Å². The Hall–Kier alpha value is -2.53. The van der Waals surface area contributed by atoms with Gasteiger partial charge in [-0.1, -0.05) is 30.3 Å². The van der Waals surface area contributed by atoms with Crippen molar-refractivity contribution >= 4 is 17.4 Å². The Morgan fingerprint density at radius 3 is 2.88 bits per heavy atom. The van der Waals surface area contributed by atoms with E-state index in [1.165, 1.54) is 16.8 Å². The van der Waals surface area contributed by atoms with Crippen LogP contribution >= 0.6 is 0 Å². The Labute approximate surface area is 147 Å². The Kier molecular flexibility index (Phi) is 3.88. The van der Waals surface area contributed by atoms with Crippen LogP contribution in [0.4, 0.5) is 16.2 Å². The van der Waals surface area contributed by atoms with Gasteiger partial charge < -0.3 is 20.6 Å². The van der Waals surface area contributed by atoms with E-state index in [1.54, 1.807) is 0 Å². The smallest absolute Gasteiger partial charge is 0.320 e. The molecular formula is C20H23N3O2. The lowest BCUT2D eigenvalue weighted by molar-refractivity contribution is 0.164. The largest absolute Gasteiger partial charge is 0.394 e. The van der Waals surface area contributed by atoms with Crippen molar-refractivity contribution < 1.29 is 9.90 Å². The van der Waals surface area contributed by atoms with E-state index in [0.717, 1.165) is 30.6 Å². The van der Waals surface area contributed by atoms with Crippen molar-refractivity contribution in [2.24, 2.45) is 0 Å². The lowest BCUT2D eigenvalue weighted by Gasteiger charge is -2.29.